The molecule has 0 bridgehead atoms. The van der Waals surface area contributed by atoms with Crippen molar-refractivity contribution >= 4 is 65.7 Å². The zero-order valence-corrected chi connectivity index (χ0v) is 21.7. The summed E-state index contributed by atoms with van der Waals surface area (Å²) in [5.41, 5.74) is 8.14. The Kier molecular flexibility index (Phi) is 4.41. The Hall–Kier alpha value is -5.68. The summed E-state index contributed by atoms with van der Waals surface area (Å²) in [6, 6.07) is 36.4. The van der Waals surface area contributed by atoms with Crippen LogP contribution in [0.2, 0.25) is 0 Å². The second-order valence-corrected chi connectivity index (χ2v) is 10.4. The number of aromatic nitrogens is 2. The van der Waals surface area contributed by atoms with E-state index < -0.39 is 0 Å². The van der Waals surface area contributed by atoms with Gasteiger partial charge in [0, 0.05) is 45.7 Å². The lowest BCUT2D eigenvalue weighted by molar-refractivity contribution is 0.660. The lowest BCUT2D eigenvalue weighted by Crippen LogP contribution is -2.01. The van der Waals surface area contributed by atoms with Gasteiger partial charge < -0.3 is 13.4 Å². The van der Waals surface area contributed by atoms with Crippen LogP contribution in [0.5, 0.6) is 0 Å². The molecule has 0 N–H and O–H groups in total. The Labute approximate surface area is 232 Å². The third-order valence-electron chi connectivity index (χ3n) is 8.10. The van der Waals surface area contributed by atoms with Gasteiger partial charge in [0.2, 0.25) is 5.43 Å². The summed E-state index contributed by atoms with van der Waals surface area (Å²) < 4.78 is 14.6. The molecule has 0 spiro atoms. The maximum Gasteiger partial charge on any atom is 0.200 e. The molecule has 0 saturated heterocycles. The molecule has 0 amide bonds. The van der Waals surface area contributed by atoms with Gasteiger partial charge in [-0.15, -0.1) is 0 Å². The SMILES string of the molecule is O=c1c2ccccc2oc2cc(-c3ccc(-n4c5ccccc5c5cc6c(cc54)oc4ccncc46)cc3)ccc12. The van der Waals surface area contributed by atoms with Crippen LogP contribution in [-0.2, 0) is 0 Å². The zero-order valence-electron chi connectivity index (χ0n) is 21.7. The largest absolute Gasteiger partial charge is 0.456 e. The van der Waals surface area contributed by atoms with Crippen LogP contribution in [0.25, 0.3) is 82.5 Å². The van der Waals surface area contributed by atoms with E-state index in [9.17, 15) is 4.79 Å². The van der Waals surface area contributed by atoms with Gasteiger partial charge in [0.25, 0.3) is 0 Å². The minimum absolute atomic E-state index is 0.00932. The van der Waals surface area contributed by atoms with Crippen LogP contribution >= 0.6 is 0 Å². The van der Waals surface area contributed by atoms with Crippen molar-refractivity contribution in [2.75, 3.05) is 0 Å². The predicted octanol–water partition coefficient (Wildman–Crippen LogP) is 9.00. The fourth-order valence-electron chi connectivity index (χ4n) is 6.14. The number of benzene rings is 5. The average Bonchev–Trinajstić information content (AvgIpc) is 3.55. The maximum atomic E-state index is 13.0. The van der Waals surface area contributed by atoms with E-state index in [-0.39, 0.29) is 5.43 Å². The number of rotatable bonds is 2. The number of pyridine rings is 1. The predicted molar refractivity (Wildman–Crippen MR) is 165 cm³/mol. The van der Waals surface area contributed by atoms with E-state index in [2.05, 4.69) is 70.2 Å². The van der Waals surface area contributed by atoms with Crippen molar-refractivity contribution in [2.45, 2.75) is 0 Å². The first kappa shape index (κ1) is 22.2. The van der Waals surface area contributed by atoms with E-state index in [0.717, 1.165) is 49.8 Å². The number of fused-ring (bicyclic) bond motifs is 8. The van der Waals surface area contributed by atoms with Gasteiger partial charge in [0.15, 0.2) is 0 Å². The Balaban J connectivity index is 1.21. The molecule has 4 aromatic heterocycles. The number of furan rings is 1. The Morgan fingerprint density at radius 3 is 2.10 bits per heavy atom. The molecule has 0 unspecified atom stereocenters. The van der Waals surface area contributed by atoms with Crippen molar-refractivity contribution in [3.8, 4) is 16.8 Å². The van der Waals surface area contributed by atoms with Gasteiger partial charge in [-0.1, -0.05) is 48.5 Å². The fourth-order valence-corrected chi connectivity index (χ4v) is 6.14. The summed E-state index contributed by atoms with van der Waals surface area (Å²) in [5, 5.41) is 5.62. The van der Waals surface area contributed by atoms with E-state index in [0.29, 0.717) is 21.9 Å². The molecule has 192 valence electrons. The minimum Gasteiger partial charge on any atom is -0.456 e. The molecule has 5 aromatic carbocycles. The van der Waals surface area contributed by atoms with Crippen LogP contribution in [0.15, 0.2) is 135 Å². The van der Waals surface area contributed by atoms with E-state index in [1.54, 1.807) is 12.3 Å². The molecule has 0 aliphatic rings. The first-order chi connectivity index (χ1) is 20.2. The zero-order chi connectivity index (χ0) is 27.1. The molecular formula is C36H20N2O3. The summed E-state index contributed by atoms with van der Waals surface area (Å²) >= 11 is 0. The number of hydrogen-bond donors (Lipinski definition) is 0. The minimum atomic E-state index is -0.00932. The molecule has 9 aromatic rings. The van der Waals surface area contributed by atoms with Gasteiger partial charge in [-0.2, -0.15) is 0 Å². The summed E-state index contributed by atoms with van der Waals surface area (Å²) in [4.78, 5) is 17.3. The van der Waals surface area contributed by atoms with E-state index in [1.165, 1.54) is 10.8 Å². The molecule has 5 nitrogen and oxygen atoms in total. The van der Waals surface area contributed by atoms with Gasteiger partial charge in [0.05, 0.1) is 21.8 Å². The van der Waals surface area contributed by atoms with Crippen molar-refractivity contribution in [3.05, 3.63) is 132 Å². The van der Waals surface area contributed by atoms with E-state index in [4.69, 9.17) is 8.83 Å². The molecule has 4 heterocycles. The highest BCUT2D eigenvalue weighted by Crippen LogP contribution is 2.38. The van der Waals surface area contributed by atoms with Gasteiger partial charge in [-0.25, -0.2) is 0 Å². The average molecular weight is 529 g/mol. The highest BCUT2D eigenvalue weighted by Gasteiger charge is 2.16. The van der Waals surface area contributed by atoms with Crippen LogP contribution in [0.3, 0.4) is 0 Å². The molecule has 41 heavy (non-hydrogen) atoms. The van der Waals surface area contributed by atoms with Crippen molar-refractivity contribution < 1.29 is 8.83 Å². The quantitative estimate of drug-likeness (QED) is 0.210. The smallest absolute Gasteiger partial charge is 0.200 e. The van der Waals surface area contributed by atoms with Gasteiger partial charge in [0.1, 0.15) is 22.3 Å². The third-order valence-corrected chi connectivity index (χ3v) is 8.10. The summed E-state index contributed by atoms with van der Waals surface area (Å²) in [5.74, 6) is 0. The monoisotopic (exact) mass is 528 g/mol. The van der Waals surface area contributed by atoms with Crippen LogP contribution in [0.1, 0.15) is 0 Å². The topological polar surface area (TPSA) is 61.2 Å². The molecule has 5 heteroatoms. The number of para-hydroxylation sites is 2. The van der Waals surface area contributed by atoms with Crippen molar-refractivity contribution in [3.63, 3.8) is 0 Å². The summed E-state index contributed by atoms with van der Waals surface area (Å²) in [6.45, 7) is 0. The molecular weight excluding hydrogens is 508 g/mol. The summed E-state index contributed by atoms with van der Waals surface area (Å²) in [6.07, 6.45) is 3.62. The summed E-state index contributed by atoms with van der Waals surface area (Å²) in [7, 11) is 0. The van der Waals surface area contributed by atoms with Gasteiger partial charge in [-0.3, -0.25) is 9.78 Å². The van der Waals surface area contributed by atoms with Crippen molar-refractivity contribution in [1.82, 2.24) is 9.55 Å². The maximum absolute atomic E-state index is 13.0. The Morgan fingerprint density at radius 2 is 1.22 bits per heavy atom. The van der Waals surface area contributed by atoms with Gasteiger partial charge in [-0.05, 0) is 65.7 Å². The van der Waals surface area contributed by atoms with Gasteiger partial charge >= 0.3 is 0 Å². The highest BCUT2D eigenvalue weighted by molar-refractivity contribution is 6.17. The molecule has 0 fully saturated rings. The molecule has 0 aliphatic carbocycles. The fraction of sp³-hybridized carbons (Fsp3) is 0. The molecule has 0 radical (unpaired) electrons. The molecule has 9 rings (SSSR count). The first-order valence-corrected chi connectivity index (χ1v) is 13.5. The van der Waals surface area contributed by atoms with Crippen LogP contribution in [0, 0.1) is 0 Å². The number of nitrogens with zero attached hydrogens (tertiary/aromatic N) is 2. The Bertz CT molecular complexity index is 2550. The Morgan fingerprint density at radius 1 is 0.512 bits per heavy atom. The second-order valence-electron chi connectivity index (χ2n) is 10.4. The number of hydrogen-bond acceptors (Lipinski definition) is 4. The molecule has 0 saturated carbocycles. The van der Waals surface area contributed by atoms with Crippen molar-refractivity contribution in [2.24, 2.45) is 0 Å². The molecule has 0 atom stereocenters. The second kappa shape index (κ2) is 8.16. The van der Waals surface area contributed by atoms with E-state index >= 15 is 0 Å². The van der Waals surface area contributed by atoms with E-state index in [1.807, 2.05) is 48.7 Å². The van der Waals surface area contributed by atoms with Crippen LogP contribution in [-0.4, -0.2) is 9.55 Å². The third kappa shape index (κ3) is 3.17. The normalized spacial score (nSPS) is 12.0. The van der Waals surface area contributed by atoms with Crippen molar-refractivity contribution in [1.29, 1.82) is 0 Å². The highest BCUT2D eigenvalue weighted by atomic mass is 16.3. The van der Waals surface area contributed by atoms with Crippen LogP contribution in [0.4, 0.5) is 0 Å². The molecule has 0 aliphatic heterocycles. The standard InChI is InChI=1S/C36H20N2O3/c39-36-25-6-2-4-8-32(25)40-34-17-22(11-14-26(34)36)21-9-12-23(13-10-21)38-30-7-3-1-5-24(30)27-18-28-29-20-37-16-15-33(29)41-35(28)19-31(27)38/h1-20H. The van der Waals surface area contributed by atoms with Crippen LogP contribution < -0.4 is 5.43 Å². The first-order valence-electron chi connectivity index (χ1n) is 13.5. The lowest BCUT2D eigenvalue weighted by atomic mass is 10.0. The lowest BCUT2D eigenvalue weighted by Gasteiger charge is -2.10.